The molecule has 0 aliphatic rings. The SMILES string of the molecule is Cc1cccc(NC(=O)C(=O)NCCN(C)C)n1. The second-order valence-corrected chi connectivity index (χ2v) is 4.18. The molecule has 0 unspecified atom stereocenters. The topological polar surface area (TPSA) is 74.3 Å². The minimum atomic E-state index is -0.702. The van der Waals surface area contributed by atoms with Gasteiger partial charge in [-0.05, 0) is 33.2 Å². The van der Waals surface area contributed by atoms with Crippen LogP contribution in [-0.2, 0) is 9.59 Å². The molecule has 1 rings (SSSR count). The van der Waals surface area contributed by atoms with Crippen LogP contribution in [0.4, 0.5) is 5.82 Å². The van der Waals surface area contributed by atoms with Crippen molar-refractivity contribution in [3.8, 4) is 0 Å². The fourth-order valence-electron chi connectivity index (χ4n) is 1.26. The molecule has 0 bridgehead atoms. The van der Waals surface area contributed by atoms with Gasteiger partial charge in [0.2, 0.25) is 0 Å². The normalized spacial score (nSPS) is 10.2. The molecule has 1 aromatic rings. The van der Waals surface area contributed by atoms with Gasteiger partial charge in [-0.15, -0.1) is 0 Å². The highest BCUT2D eigenvalue weighted by molar-refractivity contribution is 6.39. The van der Waals surface area contributed by atoms with Gasteiger partial charge in [-0.1, -0.05) is 6.07 Å². The number of carbonyl (C=O) groups is 2. The Morgan fingerprint density at radius 3 is 2.61 bits per heavy atom. The molecule has 0 aliphatic heterocycles. The van der Waals surface area contributed by atoms with Crippen molar-refractivity contribution in [3.63, 3.8) is 0 Å². The summed E-state index contributed by atoms with van der Waals surface area (Å²) in [5.74, 6) is -0.977. The number of aromatic nitrogens is 1. The van der Waals surface area contributed by atoms with Crippen molar-refractivity contribution in [2.75, 3.05) is 32.5 Å². The molecule has 98 valence electrons. The predicted molar refractivity (Wildman–Crippen MR) is 69.2 cm³/mol. The first kappa shape index (κ1) is 14.1. The largest absolute Gasteiger partial charge is 0.347 e. The molecule has 18 heavy (non-hydrogen) atoms. The summed E-state index contributed by atoms with van der Waals surface area (Å²) in [6.45, 7) is 2.93. The summed E-state index contributed by atoms with van der Waals surface area (Å²) in [6.07, 6.45) is 0. The third-order valence-corrected chi connectivity index (χ3v) is 2.18. The Bertz CT molecular complexity index is 432. The van der Waals surface area contributed by atoms with Crippen LogP contribution in [0.25, 0.3) is 0 Å². The van der Waals surface area contributed by atoms with Gasteiger partial charge in [-0.3, -0.25) is 9.59 Å². The third-order valence-electron chi connectivity index (χ3n) is 2.18. The maximum atomic E-state index is 11.5. The zero-order chi connectivity index (χ0) is 13.5. The van der Waals surface area contributed by atoms with Crippen LogP contribution in [0.5, 0.6) is 0 Å². The van der Waals surface area contributed by atoms with E-state index in [4.69, 9.17) is 0 Å². The van der Waals surface area contributed by atoms with Crippen LogP contribution in [0.2, 0.25) is 0 Å². The first-order valence-electron chi connectivity index (χ1n) is 5.66. The van der Waals surface area contributed by atoms with Gasteiger partial charge in [0, 0.05) is 18.8 Å². The van der Waals surface area contributed by atoms with E-state index >= 15 is 0 Å². The lowest BCUT2D eigenvalue weighted by atomic mass is 10.3. The van der Waals surface area contributed by atoms with Crippen molar-refractivity contribution in [1.82, 2.24) is 15.2 Å². The van der Waals surface area contributed by atoms with E-state index in [0.29, 0.717) is 18.9 Å². The number of carbonyl (C=O) groups excluding carboxylic acids is 2. The standard InChI is InChI=1S/C12H18N4O2/c1-9-5-4-6-10(14-9)15-12(18)11(17)13-7-8-16(2)3/h4-6H,7-8H2,1-3H3,(H,13,17)(H,14,15,18). The van der Waals surface area contributed by atoms with E-state index in [2.05, 4.69) is 15.6 Å². The summed E-state index contributed by atoms with van der Waals surface area (Å²) in [7, 11) is 3.78. The Kier molecular flexibility index (Phi) is 5.26. The van der Waals surface area contributed by atoms with Crippen molar-refractivity contribution in [2.24, 2.45) is 0 Å². The van der Waals surface area contributed by atoms with Gasteiger partial charge in [0.25, 0.3) is 0 Å². The lowest BCUT2D eigenvalue weighted by Crippen LogP contribution is -2.38. The molecule has 0 spiro atoms. The fraction of sp³-hybridized carbons (Fsp3) is 0.417. The first-order chi connectivity index (χ1) is 8.49. The Morgan fingerprint density at radius 2 is 2.00 bits per heavy atom. The average molecular weight is 250 g/mol. The molecule has 2 N–H and O–H groups in total. The van der Waals surface area contributed by atoms with Gasteiger partial charge in [-0.25, -0.2) is 4.98 Å². The summed E-state index contributed by atoms with van der Waals surface area (Å²) in [5, 5.41) is 4.97. The van der Waals surface area contributed by atoms with E-state index in [9.17, 15) is 9.59 Å². The Hall–Kier alpha value is -1.95. The van der Waals surface area contributed by atoms with Crippen LogP contribution in [0.3, 0.4) is 0 Å². The number of anilines is 1. The van der Waals surface area contributed by atoms with Crippen LogP contribution in [0.1, 0.15) is 5.69 Å². The monoisotopic (exact) mass is 250 g/mol. The third kappa shape index (κ3) is 4.92. The van der Waals surface area contributed by atoms with Crippen LogP contribution >= 0.6 is 0 Å². The Labute approximate surface area is 106 Å². The van der Waals surface area contributed by atoms with Crippen LogP contribution in [0, 0.1) is 6.92 Å². The molecule has 0 atom stereocenters. The molecule has 0 aliphatic carbocycles. The number of nitrogens with zero attached hydrogens (tertiary/aromatic N) is 2. The van der Waals surface area contributed by atoms with E-state index in [1.165, 1.54) is 0 Å². The van der Waals surface area contributed by atoms with Gasteiger partial charge in [-0.2, -0.15) is 0 Å². The number of hydrogen-bond acceptors (Lipinski definition) is 4. The number of hydrogen-bond donors (Lipinski definition) is 2. The highest BCUT2D eigenvalue weighted by Gasteiger charge is 2.13. The Balaban J connectivity index is 2.43. The Morgan fingerprint density at radius 1 is 1.28 bits per heavy atom. The molecular formula is C12H18N4O2. The van der Waals surface area contributed by atoms with Gasteiger partial charge < -0.3 is 15.5 Å². The summed E-state index contributed by atoms with van der Waals surface area (Å²) in [5.41, 5.74) is 0.779. The number of nitrogens with one attached hydrogen (secondary N) is 2. The quantitative estimate of drug-likeness (QED) is 0.738. The van der Waals surface area contributed by atoms with Crippen LogP contribution < -0.4 is 10.6 Å². The second kappa shape index (κ2) is 6.70. The molecule has 1 aromatic heterocycles. The van der Waals surface area contributed by atoms with Crippen molar-refractivity contribution in [3.05, 3.63) is 23.9 Å². The first-order valence-corrected chi connectivity index (χ1v) is 5.66. The molecule has 0 saturated heterocycles. The maximum absolute atomic E-state index is 11.5. The minimum Gasteiger partial charge on any atom is -0.347 e. The highest BCUT2D eigenvalue weighted by Crippen LogP contribution is 2.03. The average Bonchev–Trinajstić information content (AvgIpc) is 2.28. The number of amides is 2. The molecule has 6 nitrogen and oxygen atoms in total. The molecule has 2 amide bonds. The summed E-state index contributed by atoms with van der Waals surface area (Å²) < 4.78 is 0. The summed E-state index contributed by atoms with van der Waals surface area (Å²) in [6, 6.07) is 5.21. The second-order valence-electron chi connectivity index (χ2n) is 4.18. The molecular weight excluding hydrogens is 232 g/mol. The number of pyridine rings is 1. The van der Waals surface area contributed by atoms with Gasteiger partial charge in [0.05, 0.1) is 0 Å². The maximum Gasteiger partial charge on any atom is 0.314 e. The number of aryl methyl sites for hydroxylation is 1. The lowest BCUT2D eigenvalue weighted by Gasteiger charge is -2.10. The predicted octanol–water partition coefficient (Wildman–Crippen LogP) is 0.00632. The smallest absolute Gasteiger partial charge is 0.314 e. The van der Waals surface area contributed by atoms with Crippen LogP contribution in [-0.4, -0.2) is 48.9 Å². The molecule has 1 heterocycles. The summed E-state index contributed by atoms with van der Waals surface area (Å²) >= 11 is 0. The van der Waals surface area contributed by atoms with Crippen molar-refractivity contribution in [1.29, 1.82) is 0 Å². The van der Waals surface area contributed by atoms with E-state index in [1.807, 2.05) is 32.0 Å². The van der Waals surface area contributed by atoms with Crippen molar-refractivity contribution in [2.45, 2.75) is 6.92 Å². The van der Waals surface area contributed by atoms with Crippen molar-refractivity contribution < 1.29 is 9.59 Å². The van der Waals surface area contributed by atoms with Gasteiger partial charge in [0.1, 0.15) is 5.82 Å². The van der Waals surface area contributed by atoms with Crippen LogP contribution in [0.15, 0.2) is 18.2 Å². The lowest BCUT2D eigenvalue weighted by molar-refractivity contribution is -0.136. The van der Waals surface area contributed by atoms with E-state index in [-0.39, 0.29) is 0 Å². The fourth-order valence-corrected chi connectivity index (χ4v) is 1.26. The van der Waals surface area contributed by atoms with E-state index in [1.54, 1.807) is 12.1 Å². The minimum absolute atomic E-state index is 0.378. The molecule has 0 fully saturated rings. The number of likely N-dealkylation sites (N-methyl/N-ethyl adjacent to an activating group) is 1. The van der Waals surface area contributed by atoms with E-state index < -0.39 is 11.8 Å². The number of rotatable bonds is 4. The zero-order valence-electron chi connectivity index (χ0n) is 10.9. The zero-order valence-corrected chi connectivity index (χ0v) is 10.9. The molecule has 0 aromatic carbocycles. The summed E-state index contributed by atoms with van der Waals surface area (Å²) in [4.78, 5) is 29.0. The molecule has 0 saturated carbocycles. The van der Waals surface area contributed by atoms with Gasteiger partial charge in [0.15, 0.2) is 0 Å². The highest BCUT2D eigenvalue weighted by atomic mass is 16.2. The van der Waals surface area contributed by atoms with Crippen molar-refractivity contribution >= 4 is 17.6 Å². The molecule has 6 heteroatoms. The van der Waals surface area contributed by atoms with E-state index in [0.717, 1.165) is 5.69 Å². The van der Waals surface area contributed by atoms with Gasteiger partial charge >= 0.3 is 11.8 Å². The molecule has 0 radical (unpaired) electrons.